The third-order valence-corrected chi connectivity index (χ3v) is 4.13. The molecule has 2 atom stereocenters. The number of aryl methyl sites for hydroxylation is 1. The van der Waals surface area contributed by atoms with Gasteiger partial charge in [0.05, 0.1) is 17.7 Å². The average molecular weight is 290 g/mol. The number of likely N-dealkylation sites (N-methyl/N-ethyl adjacent to an activating group) is 1. The van der Waals surface area contributed by atoms with Crippen LogP contribution in [0.1, 0.15) is 38.3 Å². The lowest BCUT2D eigenvalue weighted by Crippen LogP contribution is -2.31. The predicted molar refractivity (Wildman–Crippen MR) is 81.5 cm³/mol. The zero-order valence-corrected chi connectivity index (χ0v) is 12.6. The van der Waals surface area contributed by atoms with E-state index in [-0.39, 0.29) is 17.9 Å². The van der Waals surface area contributed by atoms with E-state index in [9.17, 15) is 4.79 Å². The normalized spacial score (nSPS) is 20.2. The fourth-order valence-electron chi connectivity index (χ4n) is 3.13. The van der Waals surface area contributed by atoms with E-state index in [0.717, 1.165) is 37.1 Å². The molecule has 0 spiro atoms. The molecule has 1 aliphatic rings. The molecule has 21 heavy (non-hydrogen) atoms. The van der Waals surface area contributed by atoms with E-state index in [4.69, 9.17) is 9.15 Å². The van der Waals surface area contributed by atoms with E-state index >= 15 is 0 Å². The van der Waals surface area contributed by atoms with Crippen LogP contribution in [0.3, 0.4) is 0 Å². The van der Waals surface area contributed by atoms with Gasteiger partial charge in [0.25, 0.3) is 0 Å². The highest BCUT2D eigenvalue weighted by Crippen LogP contribution is 2.28. The first-order chi connectivity index (χ1) is 10.2. The third kappa shape index (κ3) is 2.63. The molecule has 1 saturated heterocycles. The van der Waals surface area contributed by atoms with Crippen molar-refractivity contribution in [1.29, 1.82) is 0 Å². The molecule has 0 amide bonds. The summed E-state index contributed by atoms with van der Waals surface area (Å²) in [6, 6.07) is 6.16. The molecule has 3 rings (SSSR count). The smallest absolute Gasteiger partial charge is 0.408 e. The molecule has 1 aromatic heterocycles. The molecule has 0 saturated carbocycles. The summed E-state index contributed by atoms with van der Waals surface area (Å²) in [7, 11) is 0. The van der Waals surface area contributed by atoms with E-state index in [0.29, 0.717) is 12.1 Å². The maximum absolute atomic E-state index is 11.8. The Morgan fingerprint density at radius 2 is 2.29 bits per heavy atom. The van der Waals surface area contributed by atoms with Crippen LogP contribution in [-0.2, 0) is 11.3 Å². The van der Waals surface area contributed by atoms with Crippen molar-refractivity contribution < 1.29 is 9.15 Å². The molecule has 2 unspecified atom stereocenters. The van der Waals surface area contributed by atoms with E-state index in [1.807, 2.05) is 19.1 Å². The largest absolute Gasteiger partial charge is 0.419 e. The molecule has 0 bridgehead atoms. The second-order valence-electron chi connectivity index (χ2n) is 5.43. The van der Waals surface area contributed by atoms with Crippen molar-refractivity contribution in [1.82, 2.24) is 9.88 Å². The minimum absolute atomic E-state index is 0.150. The minimum atomic E-state index is -0.290. The van der Waals surface area contributed by atoms with Gasteiger partial charge in [-0.3, -0.25) is 4.57 Å². The Balaban J connectivity index is 1.99. The summed E-state index contributed by atoms with van der Waals surface area (Å²) in [5, 5.41) is 3.49. The molecule has 2 aromatic rings. The Morgan fingerprint density at radius 3 is 2.95 bits per heavy atom. The summed E-state index contributed by atoms with van der Waals surface area (Å²) in [5.41, 5.74) is 2.63. The SMILES string of the molecule is CCNC(c1ccc2c(c1)oc(=O)n2CC)C1CCCO1. The zero-order valence-electron chi connectivity index (χ0n) is 12.6. The number of hydrogen-bond donors (Lipinski definition) is 1. The number of oxazole rings is 1. The lowest BCUT2D eigenvalue weighted by molar-refractivity contribution is 0.0788. The maximum atomic E-state index is 11.8. The fourth-order valence-corrected chi connectivity index (χ4v) is 3.13. The monoisotopic (exact) mass is 290 g/mol. The van der Waals surface area contributed by atoms with Gasteiger partial charge in [0.2, 0.25) is 0 Å². The van der Waals surface area contributed by atoms with Crippen molar-refractivity contribution in [2.75, 3.05) is 13.2 Å². The van der Waals surface area contributed by atoms with Crippen LogP contribution in [0.2, 0.25) is 0 Å². The molecule has 5 heteroatoms. The maximum Gasteiger partial charge on any atom is 0.419 e. The molecular weight excluding hydrogens is 268 g/mol. The van der Waals surface area contributed by atoms with Crippen LogP contribution in [-0.4, -0.2) is 23.8 Å². The van der Waals surface area contributed by atoms with Crippen LogP contribution in [0.4, 0.5) is 0 Å². The minimum Gasteiger partial charge on any atom is -0.408 e. The second-order valence-corrected chi connectivity index (χ2v) is 5.43. The van der Waals surface area contributed by atoms with Gasteiger partial charge in [0, 0.05) is 13.2 Å². The highest BCUT2D eigenvalue weighted by Gasteiger charge is 2.27. The van der Waals surface area contributed by atoms with E-state index in [1.165, 1.54) is 0 Å². The van der Waals surface area contributed by atoms with Gasteiger partial charge in [-0.15, -0.1) is 0 Å². The lowest BCUT2D eigenvalue weighted by Gasteiger charge is -2.24. The summed E-state index contributed by atoms with van der Waals surface area (Å²) in [6.07, 6.45) is 2.37. The third-order valence-electron chi connectivity index (χ3n) is 4.13. The number of fused-ring (bicyclic) bond motifs is 1. The number of nitrogens with zero attached hydrogens (tertiary/aromatic N) is 1. The van der Waals surface area contributed by atoms with Crippen LogP contribution in [0.15, 0.2) is 27.4 Å². The Hall–Kier alpha value is -1.59. The molecule has 0 aliphatic carbocycles. The van der Waals surface area contributed by atoms with Gasteiger partial charge in [-0.05, 0) is 44.0 Å². The summed E-state index contributed by atoms with van der Waals surface area (Å²) in [4.78, 5) is 11.8. The second kappa shape index (κ2) is 6.03. The summed E-state index contributed by atoms with van der Waals surface area (Å²) < 4.78 is 12.8. The highest BCUT2D eigenvalue weighted by molar-refractivity contribution is 5.74. The Kier molecular flexibility index (Phi) is 4.12. The molecule has 1 aliphatic heterocycles. The van der Waals surface area contributed by atoms with E-state index < -0.39 is 0 Å². The van der Waals surface area contributed by atoms with Crippen molar-refractivity contribution in [3.8, 4) is 0 Å². The standard InChI is InChI=1S/C16H22N2O3/c1-3-17-15(13-6-5-9-20-13)11-7-8-12-14(10-11)21-16(19)18(12)4-2/h7-8,10,13,15,17H,3-6,9H2,1-2H3. The van der Waals surface area contributed by atoms with Gasteiger partial charge in [0.1, 0.15) is 0 Å². The number of aromatic nitrogens is 1. The topological polar surface area (TPSA) is 56.4 Å². The zero-order chi connectivity index (χ0) is 14.8. The number of ether oxygens (including phenoxy) is 1. The summed E-state index contributed by atoms with van der Waals surface area (Å²) in [6.45, 7) is 6.36. The molecular formula is C16H22N2O3. The first-order valence-electron chi connectivity index (χ1n) is 7.72. The molecule has 1 aromatic carbocycles. The van der Waals surface area contributed by atoms with Crippen molar-refractivity contribution in [2.24, 2.45) is 0 Å². The summed E-state index contributed by atoms with van der Waals surface area (Å²) >= 11 is 0. The van der Waals surface area contributed by atoms with Gasteiger partial charge < -0.3 is 14.5 Å². The number of hydrogen-bond acceptors (Lipinski definition) is 4. The molecule has 0 radical (unpaired) electrons. The van der Waals surface area contributed by atoms with Crippen molar-refractivity contribution >= 4 is 11.1 Å². The highest BCUT2D eigenvalue weighted by atomic mass is 16.5. The van der Waals surface area contributed by atoms with Crippen LogP contribution in [0.5, 0.6) is 0 Å². The number of rotatable bonds is 5. The van der Waals surface area contributed by atoms with Gasteiger partial charge in [-0.25, -0.2) is 4.79 Å². The van der Waals surface area contributed by atoms with E-state index in [2.05, 4.69) is 18.3 Å². The first-order valence-corrected chi connectivity index (χ1v) is 7.72. The predicted octanol–water partition coefficient (Wildman–Crippen LogP) is 2.44. The Labute approximate surface area is 123 Å². The molecule has 114 valence electrons. The lowest BCUT2D eigenvalue weighted by atomic mass is 9.99. The quantitative estimate of drug-likeness (QED) is 0.919. The molecule has 1 fully saturated rings. The average Bonchev–Trinajstić information content (AvgIpc) is 3.10. The Morgan fingerprint density at radius 1 is 1.43 bits per heavy atom. The van der Waals surface area contributed by atoms with Crippen LogP contribution in [0.25, 0.3) is 11.1 Å². The number of benzene rings is 1. The summed E-state index contributed by atoms with van der Waals surface area (Å²) in [5.74, 6) is -0.290. The molecule has 5 nitrogen and oxygen atoms in total. The first kappa shape index (κ1) is 14.4. The van der Waals surface area contributed by atoms with Gasteiger partial charge in [-0.2, -0.15) is 0 Å². The van der Waals surface area contributed by atoms with Gasteiger partial charge in [0.15, 0.2) is 5.58 Å². The molecule has 2 heterocycles. The Bertz CT molecular complexity index is 668. The van der Waals surface area contributed by atoms with Gasteiger partial charge >= 0.3 is 5.76 Å². The van der Waals surface area contributed by atoms with Crippen molar-refractivity contribution in [3.63, 3.8) is 0 Å². The van der Waals surface area contributed by atoms with Crippen molar-refractivity contribution in [3.05, 3.63) is 34.3 Å². The van der Waals surface area contributed by atoms with Crippen LogP contribution in [0, 0.1) is 0 Å². The van der Waals surface area contributed by atoms with Crippen LogP contribution >= 0.6 is 0 Å². The fraction of sp³-hybridized carbons (Fsp3) is 0.562. The molecule has 1 N–H and O–H groups in total. The van der Waals surface area contributed by atoms with E-state index in [1.54, 1.807) is 4.57 Å². The number of nitrogens with one attached hydrogen (secondary N) is 1. The van der Waals surface area contributed by atoms with Crippen LogP contribution < -0.4 is 11.1 Å². The van der Waals surface area contributed by atoms with Crippen molar-refractivity contribution in [2.45, 2.75) is 45.4 Å². The van der Waals surface area contributed by atoms with Gasteiger partial charge in [-0.1, -0.05) is 13.0 Å².